The lowest BCUT2D eigenvalue weighted by Crippen LogP contribution is -2.26. The predicted molar refractivity (Wildman–Crippen MR) is 70.7 cm³/mol. The van der Waals surface area contributed by atoms with Gasteiger partial charge in [0, 0.05) is 4.47 Å². The number of rotatable bonds is 1. The predicted octanol–water partition coefficient (Wildman–Crippen LogP) is 1.29. The van der Waals surface area contributed by atoms with E-state index >= 15 is 0 Å². The molecule has 0 amide bonds. The first-order valence-corrected chi connectivity index (χ1v) is 5.40. The molecular formula is C10H14BrN5. The van der Waals surface area contributed by atoms with E-state index < -0.39 is 0 Å². The molecule has 0 bridgehead atoms. The van der Waals surface area contributed by atoms with Gasteiger partial charge in [-0.2, -0.15) is 4.99 Å². The van der Waals surface area contributed by atoms with Gasteiger partial charge in [0.25, 0.3) is 0 Å². The number of benzene rings is 1. The van der Waals surface area contributed by atoms with E-state index in [1.807, 2.05) is 26.0 Å². The second kappa shape index (κ2) is 4.98. The Labute approximate surface area is 103 Å². The Morgan fingerprint density at radius 2 is 1.62 bits per heavy atom. The fourth-order valence-electron chi connectivity index (χ4n) is 1.28. The van der Waals surface area contributed by atoms with Gasteiger partial charge in [0.2, 0.25) is 5.96 Å². The van der Waals surface area contributed by atoms with E-state index in [1.165, 1.54) is 0 Å². The molecule has 0 aliphatic rings. The van der Waals surface area contributed by atoms with Gasteiger partial charge in [-0.05, 0) is 37.1 Å². The van der Waals surface area contributed by atoms with Crippen molar-refractivity contribution in [3.63, 3.8) is 0 Å². The minimum atomic E-state index is -0.105. The van der Waals surface area contributed by atoms with Crippen molar-refractivity contribution in [2.45, 2.75) is 13.8 Å². The zero-order valence-corrected chi connectivity index (χ0v) is 10.7. The topological polar surface area (TPSA) is 103 Å². The third-order valence-electron chi connectivity index (χ3n) is 1.91. The lowest BCUT2D eigenvalue weighted by atomic mass is 10.1. The normalized spacial score (nSPS) is 11.3. The molecule has 0 atom stereocenters. The van der Waals surface area contributed by atoms with Crippen LogP contribution in [0.15, 0.2) is 26.6 Å². The van der Waals surface area contributed by atoms with Crippen LogP contribution in [0.4, 0.5) is 5.69 Å². The molecule has 1 rings (SSSR count). The van der Waals surface area contributed by atoms with Crippen LogP contribution in [0.1, 0.15) is 11.1 Å². The second-order valence-corrected chi connectivity index (χ2v) is 4.19. The van der Waals surface area contributed by atoms with Gasteiger partial charge in [-0.3, -0.25) is 0 Å². The lowest BCUT2D eigenvalue weighted by Gasteiger charge is -2.04. The summed E-state index contributed by atoms with van der Waals surface area (Å²) in [7, 11) is 0. The van der Waals surface area contributed by atoms with Crippen molar-refractivity contribution in [2.75, 3.05) is 0 Å². The zero-order chi connectivity index (χ0) is 12.3. The van der Waals surface area contributed by atoms with Crippen LogP contribution >= 0.6 is 15.9 Å². The van der Waals surface area contributed by atoms with Gasteiger partial charge < -0.3 is 17.2 Å². The van der Waals surface area contributed by atoms with Crippen LogP contribution in [0.2, 0.25) is 0 Å². The van der Waals surface area contributed by atoms with Crippen LogP contribution in [-0.2, 0) is 0 Å². The maximum Gasteiger partial charge on any atom is 0.223 e. The fourth-order valence-corrected chi connectivity index (χ4v) is 1.51. The van der Waals surface area contributed by atoms with Crippen molar-refractivity contribution in [3.05, 3.63) is 27.7 Å². The number of aliphatic imine (C=N–C) groups is 2. The van der Waals surface area contributed by atoms with Crippen LogP contribution in [0.25, 0.3) is 0 Å². The highest BCUT2D eigenvalue weighted by atomic mass is 79.9. The first-order valence-electron chi connectivity index (χ1n) is 4.60. The molecule has 0 unspecified atom stereocenters. The molecule has 0 aliphatic carbocycles. The molecule has 0 aromatic heterocycles. The highest BCUT2D eigenvalue weighted by Crippen LogP contribution is 2.26. The number of hydrogen-bond acceptors (Lipinski definition) is 1. The standard InChI is InChI=1S/C10H14BrN5/c1-5-3-7(4-6(2)8(5)11)15-10(14)16-9(12)13/h3-4H,1-2H3,(H6,12,13,14,15,16). The highest BCUT2D eigenvalue weighted by Gasteiger charge is 2.01. The Balaban J connectivity index is 3.12. The van der Waals surface area contributed by atoms with Crippen LogP contribution in [0.5, 0.6) is 0 Å². The molecule has 6 N–H and O–H groups in total. The summed E-state index contributed by atoms with van der Waals surface area (Å²) in [5.74, 6) is -0.0621. The van der Waals surface area contributed by atoms with Crippen molar-refractivity contribution in [1.82, 2.24) is 0 Å². The maximum absolute atomic E-state index is 5.54. The van der Waals surface area contributed by atoms with Crippen molar-refractivity contribution < 1.29 is 0 Å². The van der Waals surface area contributed by atoms with Crippen molar-refractivity contribution >= 4 is 33.5 Å². The minimum Gasteiger partial charge on any atom is -0.370 e. The number of hydrogen-bond donors (Lipinski definition) is 3. The number of halogens is 1. The van der Waals surface area contributed by atoms with Crippen LogP contribution < -0.4 is 17.2 Å². The summed E-state index contributed by atoms with van der Waals surface area (Å²) < 4.78 is 1.06. The van der Waals surface area contributed by atoms with E-state index in [0.717, 1.165) is 21.3 Å². The third kappa shape index (κ3) is 3.23. The summed E-state index contributed by atoms with van der Waals surface area (Å²) in [6, 6.07) is 3.79. The molecule has 0 fully saturated rings. The second-order valence-electron chi connectivity index (χ2n) is 3.40. The quantitative estimate of drug-likeness (QED) is 0.534. The molecule has 16 heavy (non-hydrogen) atoms. The van der Waals surface area contributed by atoms with Gasteiger partial charge in [-0.1, -0.05) is 15.9 Å². The largest absolute Gasteiger partial charge is 0.370 e. The molecular weight excluding hydrogens is 270 g/mol. The average Bonchev–Trinajstić information content (AvgIpc) is 2.12. The average molecular weight is 284 g/mol. The monoisotopic (exact) mass is 283 g/mol. The van der Waals surface area contributed by atoms with Crippen LogP contribution in [0.3, 0.4) is 0 Å². The Bertz CT molecular complexity index is 437. The van der Waals surface area contributed by atoms with E-state index in [4.69, 9.17) is 17.2 Å². The lowest BCUT2D eigenvalue weighted by molar-refractivity contribution is 1.30. The molecule has 1 aromatic rings. The SMILES string of the molecule is Cc1cc(N=C(N)N=C(N)N)cc(C)c1Br. The summed E-state index contributed by atoms with van der Waals surface area (Å²) in [6.07, 6.45) is 0. The summed E-state index contributed by atoms with van der Waals surface area (Å²) in [4.78, 5) is 7.73. The minimum absolute atomic E-state index is 0.0427. The molecule has 5 nitrogen and oxygen atoms in total. The molecule has 0 saturated carbocycles. The molecule has 1 aromatic carbocycles. The van der Waals surface area contributed by atoms with E-state index in [-0.39, 0.29) is 11.9 Å². The third-order valence-corrected chi connectivity index (χ3v) is 3.16. The number of nitrogens with two attached hydrogens (primary N) is 3. The van der Waals surface area contributed by atoms with E-state index in [0.29, 0.717) is 0 Å². The molecule has 0 heterocycles. The van der Waals surface area contributed by atoms with Gasteiger partial charge in [0.1, 0.15) is 0 Å². The molecule has 0 radical (unpaired) electrons. The first-order chi connectivity index (χ1) is 7.40. The Kier molecular flexibility index (Phi) is 3.89. The van der Waals surface area contributed by atoms with E-state index in [2.05, 4.69) is 25.9 Å². The van der Waals surface area contributed by atoms with Crippen molar-refractivity contribution in [3.8, 4) is 0 Å². The number of nitrogens with zero attached hydrogens (tertiary/aromatic N) is 2. The Morgan fingerprint density at radius 3 is 2.06 bits per heavy atom. The summed E-state index contributed by atoms with van der Waals surface area (Å²) >= 11 is 3.47. The van der Waals surface area contributed by atoms with Gasteiger partial charge in [0.05, 0.1) is 5.69 Å². The van der Waals surface area contributed by atoms with Crippen LogP contribution in [0, 0.1) is 13.8 Å². The van der Waals surface area contributed by atoms with Gasteiger partial charge in [0.15, 0.2) is 5.96 Å². The smallest absolute Gasteiger partial charge is 0.223 e. The fraction of sp³-hybridized carbons (Fsp3) is 0.200. The van der Waals surface area contributed by atoms with Gasteiger partial charge in [-0.25, -0.2) is 4.99 Å². The molecule has 0 saturated heterocycles. The summed E-state index contributed by atoms with van der Waals surface area (Å²) in [6.45, 7) is 3.96. The Morgan fingerprint density at radius 1 is 1.12 bits per heavy atom. The maximum atomic E-state index is 5.54. The van der Waals surface area contributed by atoms with E-state index in [1.54, 1.807) is 0 Å². The van der Waals surface area contributed by atoms with Crippen molar-refractivity contribution in [1.29, 1.82) is 0 Å². The summed E-state index contributed by atoms with van der Waals surface area (Å²) in [5.41, 5.74) is 18.8. The molecule has 6 heteroatoms. The van der Waals surface area contributed by atoms with Gasteiger partial charge in [-0.15, -0.1) is 0 Å². The van der Waals surface area contributed by atoms with Gasteiger partial charge >= 0.3 is 0 Å². The van der Waals surface area contributed by atoms with E-state index in [9.17, 15) is 0 Å². The first kappa shape index (κ1) is 12.5. The van der Waals surface area contributed by atoms with Crippen LogP contribution in [-0.4, -0.2) is 11.9 Å². The molecule has 0 spiro atoms. The Hall–Kier alpha value is -1.56. The van der Waals surface area contributed by atoms with Crippen molar-refractivity contribution in [2.24, 2.45) is 27.2 Å². The highest BCUT2D eigenvalue weighted by molar-refractivity contribution is 9.10. The number of guanidine groups is 2. The zero-order valence-electron chi connectivity index (χ0n) is 9.16. The summed E-state index contributed by atoms with van der Waals surface area (Å²) in [5, 5.41) is 0. The molecule has 86 valence electrons. The molecule has 0 aliphatic heterocycles. The number of aryl methyl sites for hydroxylation is 2.